The molecule has 0 aromatic heterocycles. The SMILES string of the molecule is CC(C)CNS(=O)(=O)[O-]. The van der Waals surface area contributed by atoms with E-state index in [0.29, 0.717) is 0 Å². The topological polar surface area (TPSA) is 69.2 Å². The van der Waals surface area contributed by atoms with Crippen LogP contribution in [0.2, 0.25) is 0 Å². The standard InChI is InChI=1S/C4H11NO3S/c1-4(2)3-5-9(6,7)8/h4-5H,3H2,1-2H3,(H,6,7,8)/p-1. The molecule has 0 radical (unpaired) electrons. The molecule has 0 unspecified atom stereocenters. The van der Waals surface area contributed by atoms with Gasteiger partial charge in [-0.1, -0.05) is 13.8 Å². The minimum Gasteiger partial charge on any atom is -0.735 e. The Balaban J connectivity index is 3.53. The summed E-state index contributed by atoms with van der Waals surface area (Å²) in [6, 6.07) is 0. The number of nitrogens with one attached hydrogen (secondary N) is 1. The van der Waals surface area contributed by atoms with E-state index in [1.54, 1.807) is 0 Å². The van der Waals surface area contributed by atoms with Crippen molar-refractivity contribution in [3.63, 3.8) is 0 Å². The summed E-state index contributed by atoms with van der Waals surface area (Å²) >= 11 is 0. The molecule has 0 spiro atoms. The van der Waals surface area contributed by atoms with Crippen molar-refractivity contribution in [3.8, 4) is 0 Å². The second-order valence-corrected chi connectivity index (χ2v) is 3.39. The van der Waals surface area contributed by atoms with Crippen LogP contribution in [-0.2, 0) is 10.3 Å². The number of hydrogen-bond acceptors (Lipinski definition) is 3. The van der Waals surface area contributed by atoms with Crippen LogP contribution >= 0.6 is 0 Å². The van der Waals surface area contributed by atoms with Crippen LogP contribution in [0.4, 0.5) is 0 Å². The lowest BCUT2D eigenvalue weighted by atomic mass is 10.2. The zero-order chi connectivity index (χ0) is 7.49. The second kappa shape index (κ2) is 3.14. The molecule has 0 aliphatic carbocycles. The van der Waals surface area contributed by atoms with E-state index in [9.17, 15) is 13.0 Å². The van der Waals surface area contributed by atoms with Gasteiger partial charge in [0.05, 0.1) is 0 Å². The first-order valence-corrected chi connectivity index (χ1v) is 4.03. The van der Waals surface area contributed by atoms with E-state index in [0.717, 1.165) is 0 Å². The van der Waals surface area contributed by atoms with Gasteiger partial charge in [0.2, 0.25) is 0 Å². The number of hydrogen-bond donors (Lipinski definition) is 1. The third-order valence-electron chi connectivity index (χ3n) is 0.668. The molecular formula is C4H10NO3S-. The Morgan fingerprint density at radius 1 is 1.56 bits per heavy atom. The highest BCUT2D eigenvalue weighted by Crippen LogP contribution is 1.87. The van der Waals surface area contributed by atoms with Gasteiger partial charge in [-0.05, 0) is 5.92 Å². The van der Waals surface area contributed by atoms with Crippen molar-refractivity contribution in [1.82, 2.24) is 4.72 Å². The van der Waals surface area contributed by atoms with Gasteiger partial charge in [-0.3, -0.25) is 0 Å². The third kappa shape index (κ3) is 7.87. The van der Waals surface area contributed by atoms with Gasteiger partial charge in [0.25, 0.3) is 0 Å². The van der Waals surface area contributed by atoms with Crippen LogP contribution in [0, 0.1) is 5.92 Å². The van der Waals surface area contributed by atoms with Crippen molar-refractivity contribution < 1.29 is 13.0 Å². The summed E-state index contributed by atoms with van der Waals surface area (Å²) in [5.74, 6) is 0.175. The van der Waals surface area contributed by atoms with Crippen LogP contribution < -0.4 is 4.72 Å². The van der Waals surface area contributed by atoms with Crippen LogP contribution in [0.25, 0.3) is 0 Å². The summed E-state index contributed by atoms with van der Waals surface area (Å²) in [4.78, 5) is 0. The quantitative estimate of drug-likeness (QED) is 0.564. The summed E-state index contributed by atoms with van der Waals surface area (Å²) in [5, 5.41) is 0. The van der Waals surface area contributed by atoms with Crippen LogP contribution in [-0.4, -0.2) is 19.5 Å². The average Bonchev–Trinajstić information content (AvgIpc) is 1.59. The van der Waals surface area contributed by atoms with Crippen LogP contribution in [0.15, 0.2) is 0 Å². The Bertz CT molecular complexity index is 161. The molecule has 0 fully saturated rings. The molecule has 0 aromatic rings. The van der Waals surface area contributed by atoms with Crippen molar-refractivity contribution in [2.75, 3.05) is 6.54 Å². The predicted octanol–water partition coefficient (Wildman–Crippen LogP) is -0.308. The highest BCUT2D eigenvalue weighted by molar-refractivity contribution is 7.83. The van der Waals surface area contributed by atoms with E-state index in [1.807, 2.05) is 18.6 Å². The molecule has 4 nitrogen and oxygen atoms in total. The molecule has 0 saturated heterocycles. The van der Waals surface area contributed by atoms with Crippen molar-refractivity contribution >= 4 is 10.3 Å². The number of rotatable bonds is 3. The molecule has 0 aromatic carbocycles. The molecule has 0 amide bonds. The van der Waals surface area contributed by atoms with Gasteiger partial charge in [0.15, 0.2) is 10.3 Å². The smallest absolute Gasteiger partial charge is 0.159 e. The largest absolute Gasteiger partial charge is 0.735 e. The maximum atomic E-state index is 9.87. The molecule has 0 rings (SSSR count). The summed E-state index contributed by atoms with van der Waals surface area (Å²) in [7, 11) is -4.22. The van der Waals surface area contributed by atoms with Crippen LogP contribution in [0.5, 0.6) is 0 Å². The van der Waals surface area contributed by atoms with Crippen LogP contribution in [0.1, 0.15) is 13.8 Å². The Morgan fingerprint density at radius 2 is 2.00 bits per heavy atom. The lowest BCUT2D eigenvalue weighted by Crippen LogP contribution is -2.26. The Labute approximate surface area is 55.1 Å². The monoisotopic (exact) mass is 152 g/mol. The minimum absolute atomic E-state index is 0.175. The molecule has 0 saturated carbocycles. The van der Waals surface area contributed by atoms with Gasteiger partial charge in [0.1, 0.15) is 0 Å². The fourth-order valence-electron chi connectivity index (χ4n) is 0.269. The van der Waals surface area contributed by atoms with Gasteiger partial charge >= 0.3 is 0 Å². The second-order valence-electron chi connectivity index (χ2n) is 2.20. The molecule has 1 N–H and O–H groups in total. The van der Waals surface area contributed by atoms with Gasteiger partial charge < -0.3 is 4.55 Å². The van der Waals surface area contributed by atoms with Crippen molar-refractivity contribution in [2.45, 2.75) is 13.8 Å². The molecule has 0 aliphatic heterocycles. The molecule has 0 aliphatic rings. The Morgan fingerprint density at radius 3 is 2.11 bits per heavy atom. The summed E-state index contributed by atoms with van der Waals surface area (Å²) in [6.45, 7) is 3.85. The van der Waals surface area contributed by atoms with Gasteiger partial charge in [0, 0.05) is 6.54 Å². The minimum atomic E-state index is -4.22. The molecule has 0 atom stereocenters. The fraction of sp³-hybridized carbons (Fsp3) is 1.00. The lowest BCUT2D eigenvalue weighted by Gasteiger charge is -2.09. The maximum absolute atomic E-state index is 9.87. The van der Waals surface area contributed by atoms with Gasteiger partial charge in [-0.25, -0.2) is 13.1 Å². The third-order valence-corrected chi connectivity index (χ3v) is 1.19. The van der Waals surface area contributed by atoms with E-state index in [4.69, 9.17) is 0 Å². The predicted molar refractivity (Wildman–Crippen MR) is 32.5 cm³/mol. The van der Waals surface area contributed by atoms with E-state index in [1.165, 1.54) is 0 Å². The first-order valence-electron chi connectivity index (χ1n) is 2.62. The zero-order valence-electron chi connectivity index (χ0n) is 5.42. The molecule has 56 valence electrons. The Kier molecular flexibility index (Phi) is 3.10. The van der Waals surface area contributed by atoms with Crippen molar-refractivity contribution in [1.29, 1.82) is 0 Å². The van der Waals surface area contributed by atoms with E-state index < -0.39 is 10.3 Å². The summed E-state index contributed by atoms with van der Waals surface area (Å²) < 4.78 is 31.4. The lowest BCUT2D eigenvalue weighted by molar-refractivity contribution is 0.441. The van der Waals surface area contributed by atoms with Crippen molar-refractivity contribution in [2.24, 2.45) is 5.92 Å². The molecule has 9 heavy (non-hydrogen) atoms. The molecule has 0 bridgehead atoms. The van der Waals surface area contributed by atoms with E-state index in [-0.39, 0.29) is 12.5 Å². The maximum Gasteiger partial charge on any atom is 0.159 e. The molecule has 5 heteroatoms. The molecular weight excluding hydrogens is 142 g/mol. The first-order chi connectivity index (χ1) is 3.92. The van der Waals surface area contributed by atoms with E-state index in [2.05, 4.69) is 0 Å². The zero-order valence-corrected chi connectivity index (χ0v) is 6.23. The average molecular weight is 152 g/mol. The van der Waals surface area contributed by atoms with Crippen molar-refractivity contribution in [3.05, 3.63) is 0 Å². The fourth-order valence-corrected chi connectivity index (χ4v) is 0.806. The first kappa shape index (κ1) is 8.87. The molecule has 0 heterocycles. The highest BCUT2D eigenvalue weighted by atomic mass is 32.2. The van der Waals surface area contributed by atoms with Crippen LogP contribution in [0.3, 0.4) is 0 Å². The Hall–Kier alpha value is -0.130. The summed E-state index contributed by atoms with van der Waals surface area (Å²) in [6.07, 6.45) is 0. The normalized spacial score (nSPS) is 12.4. The van der Waals surface area contributed by atoms with Gasteiger partial charge in [-0.15, -0.1) is 0 Å². The highest BCUT2D eigenvalue weighted by Gasteiger charge is 1.94. The summed E-state index contributed by atoms with van der Waals surface area (Å²) in [5.41, 5.74) is 0. The van der Waals surface area contributed by atoms with E-state index >= 15 is 0 Å². The van der Waals surface area contributed by atoms with Gasteiger partial charge in [-0.2, -0.15) is 0 Å².